The van der Waals surface area contributed by atoms with E-state index in [9.17, 15) is 0 Å². The maximum Gasteiger partial charge on any atom is 2.00 e. The topological polar surface area (TPSA) is 259 Å². The average Bonchev–Trinajstić information content (AvgIpc) is 1.41. The molecule has 0 bridgehead atoms. The van der Waals surface area contributed by atoms with E-state index < -0.39 is 23.5 Å². The Bertz CT molecular complexity index is 217. The van der Waals surface area contributed by atoms with Crippen LogP contribution in [0.3, 0.4) is 0 Å². The molecular formula is Li2MnO12P3V-5. The molecule has 0 aliphatic rings. The standard InChI is InChI=1S/2Li.Mn.3H3O4P.V/c;;;3*1-5(2,3)4;/h;;;3*(H3,1,2,3,4);/q2*+1;+2;;;;/p-9. The zero-order valence-electron chi connectivity index (χ0n) is 9.07. The van der Waals surface area contributed by atoms with E-state index in [0.717, 1.165) is 0 Å². The van der Waals surface area contributed by atoms with Crippen LogP contribution < -0.4 is 81.8 Å². The first kappa shape index (κ1) is 43.0. The van der Waals surface area contributed by atoms with E-state index in [1.807, 2.05) is 0 Å². The van der Waals surface area contributed by atoms with Gasteiger partial charge in [-0.25, -0.2) is 0 Å². The van der Waals surface area contributed by atoms with E-state index in [4.69, 9.17) is 57.7 Å². The van der Waals surface area contributed by atoms with Crippen molar-refractivity contribution in [3.05, 3.63) is 0 Å². The quantitative estimate of drug-likeness (QED) is 0.269. The predicted octanol–water partition coefficient (Wildman–Crippen LogP) is -14.5. The van der Waals surface area contributed by atoms with Crippen LogP contribution in [0.1, 0.15) is 0 Å². The first-order chi connectivity index (χ1) is 6.00. The molecule has 12 nitrogen and oxygen atoms in total. The monoisotopic (exact) mass is 405 g/mol. The molecule has 0 N–H and O–H groups in total. The van der Waals surface area contributed by atoms with Gasteiger partial charge in [-0.1, -0.05) is 0 Å². The number of phosphoric acid groups is 3. The van der Waals surface area contributed by atoms with Crippen LogP contribution in [-0.2, 0) is 49.3 Å². The number of rotatable bonds is 0. The Morgan fingerprint density at radius 3 is 0.474 bits per heavy atom. The van der Waals surface area contributed by atoms with Gasteiger partial charge >= 0.3 is 54.8 Å². The summed E-state index contributed by atoms with van der Waals surface area (Å²) >= 11 is 0. The molecule has 0 unspecified atom stereocenters. The fourth-order valence-electron chi connectivity index (χ4n) is 0. The minimum atomic E-state index is -5.39. The molecule has 0 atom stereocenters. The summed E-state index contributed by atoms with van der Waals surface area (Å²) < 4.78 is 25.6. The van der Waals surface area contributed by atoms with Crippen LogP contribution in [-0.4, -0.2) is 0 Å². The van der Waals surface area contributed by atoms with Gasteiger partial charge in [-0.15, -0.1) is 0 Å². The van der Waals surface area contributed by atoms with E-state index in [0.29, 0.717) is 0 Å². The zero-order chi connectivity index (χ0) is 13.5. The molecule has 0 amide bonds. The van der Waals surface area contributed by atoms with Crippen molar-refractivity contribution in [1.29, 1.82) is 0 Å². The molecule has 0 fully saturated rings. The summed E-state index contributed by atoms with van der Waals surface area (Å²) in [4.78, 5) is 76.9. The minimum absolute atomic E-state index is 0. The zero-order valence-corrected chi connectivity index (χ0v) is 14.3. The maximum absolute atomic E-state index is 8.55. The summed E-state index contributed by atoms with van der Waals surface area (Å²) in [7, 11) is -16.2. The third kappa shape index (κ3) is 1040. The van der Waals surface area contributed by atoms with Crippen LogP contribution in [0.4, 0.5) is 0 Å². The summed E-state index contributed by atoms with van der Waals surface area (Å²) in [6.07, 6.45) is 0. The van der Waals surface area contributed by atoms with Crippen LogP contribution in [0.15, 0.2) is 0 Å². The third-order valence-electron chi connectivity index (χ3n) is 0. The van der Waals surface area contributed by atoms with Crippen molar-refractivity contribution in [2.75, 3.05) is 0 Å². The molecule has 0 heterocycles. The second-order valence-corrected chi connectivity index (χ2v) is 4.02. The molecule has 106 valence electrons. The Hall–Kier alpha value is 2.63. The molecule has 0 aromatic carbocycles. The summed E-state index contributed by atoms with van der Waals surface area (Å²) in [5.41, 5.74) is 0. The Labute approximate surface area is 153 Å². The molecule has 0 rings (SSSR count). The fraction of sp³-hybridized carbons (Fsp3) is 0. The van der Waals surface area contributed by atoms with Gasteiger partial charge in [0.15, 0.2) is 0 Å². The summed E-state index contributed by atoms with van der Waals surface area (Å²) in [6.45, 7) is 0. The molecule has 19 heavy (non-hydrogen) atoms. The molecule has 0 saturated heterocycles. The minimum Gasteiger partial charge on any atom is -0.822 e. The van der Waals surface area contributed by atoms with Crippen molar-refractivity contribution in [1.82, 2.24) is 0 Å². The van der Waals surface area contributed by atoms with Crippen LogP contribution in [0, 0.1) is 0 Å². The predicted molar refractivity (Wildman–Crippen MR) is 22.8 cm³/mol. The van der Waals surface area contributed by atoms with Gasteiger partial charge in [0, 0.05) is 18.6 Å². The average molecular weight is 405 g/mol. The fourth-order valence-corrected chi connectivity index (χ4v) is 0. The first-order valence-corrected chi connectivity index (χ1v) is 6.57. The van der Waals surface area contributed by atoms with Crippen molar-refractivity contribution in [2.45, 2.75) is 0 Å². The molecule has 0 spiro atoms. The molecule has 19 heteroatoms. The van der Waals surface area contributed by atoms with E-state index in [-0.39, 0.29) is 73.3 Å². The van der Waals surface area contributed by atoms with Crippen LogP contribution in [0.5, 0.6) is 0 Å². The normalized spacial score (nSPS) is 9.32. The SMILES string of the molecule is O=P([O-])([O-])[O-].O=P([O-])([O-])[O-].O=P([O-])([O-])[O-].[Li+].[Li+].[Mn+2].[V]. The Morgan fingerprint density at radius 1 is 0.474 bits per heavy atom. The van der Waals surface area contributed by atoms with Crippen molar-refractivity contribution in [3.63, 3.8) is 0 Å². The Balaban J connectivity index is -0.0000000206. The van der Waals surface area contributed by atoms with Gasteiger partial charge in [-0.2, -0.15) is 23.5 Å². The largest absolute Gasteiger partial charge is 2.00 e. The van der Waals surface area contributed by atoms with Gasteiger partial charge in [-0.05, 0) is 0 Å². The summed E-state index contributed by atoms with van der Waals surface area (Å²) in [6, 6.07) is 0. The molecule has 0 aliphatic heterocycles. The smallest absolute Gasteiger partial charge is 0.822 e. The molecule has 2 radical (unpaired) electrons. The van der Waals surface area contributed by atoms with E-state index in [1.165, 1.54) is 0 Å². The number of hydrogen-bond acceptors (Lipinski definition) is 12. The van der Waals surface area contributed by atoms with E-state index >= 15 is 0 Å². The van der Waals surface area contributed by atoms with Crippen LogP contribution in [0.25, 0.3) is 0 Å². The Kier molecular flexibility index (Phi) is 42.3. The first-order valence-electron chi connectivity index (χ1n) is 2.19. The van der Waals surface area contributed by atoms with E-state index in [2.05, 4.69) is 0 Å². The van der Waals surface area contributed by atoms with Gasteiger partial charge in [0.05, 0.1) is 0 Å². The molecular weight excluding hydrogens is 405 g/mol. The second-order valence-electron chi connectivity index (χ2n) is 1.34. The molecule has 0 aliphatic carbocycles. The molecule has 0 aromatic rings. The summed E-state index contributed by atoms with van der Waals surface area (Å²) in [5, 5.41) is 0. The van der Waals surface area contributed by atoms with Gasteiger partial charge in [0.2, 0.25) is 0 Å². The van der Waals surface area contributed by atoms with Crippen molar-refractivity contribution >= 4 is 23.5 Å². The molecule has 0 aromatic heterocycles. The van der Waals surface area contributed by atoms with Crippen LogP contribution >= 0.6 is 23.5 Å². The van der Waals surface area contributed by atoms with Crippen molar-refractivity contribution in [2.24, 2.45) is 0 Å². The number of hydrogen-bond donors (Lipinski definition) is 0. The van der Waals surface area contributed by atoms with Crippen molar-refractivity contribution < 1.29 is 131 Å². The van der Waals surface area contributed by atoms with E-state index in [1.54, 1.807) is 0 Å². The van der Waals surface area contributed by atoms with Gasteiger partial charge in [-0.3, -0.25) is 0 Å². The Morgan fingerprint density at radius 2 is 0.474 bits per heavy atom. The van der Waals surface area contributed by atoms with Gasteiger partial charge in [0.25, 0.3) is 0 Å². The molecule has 0 saturated carbocycles. The maximum atomic E-state index is 8.55. The van der Waals surface area contributed by atoms with Crippen LogP contribution in [0.2, 0.25) is 0 Å². The summed E-state index contributed by atoms with van der Waals surface area (Å²) in [5.74, 6) is 0. The van der Waals surface area contributed by atoms with Gasteiger partial charge < -0.3 is 57.7 Å². The third-order valence-corrected chi connectivity index (χ3v) is 0. The van der Waals surface area contributed by atoms with Gasteiger partial charge in [0.1, 0.15) is 0 Å². The second kappa shape index (κ2) is 18.7. The van der Waals surface area contributed by atoms with Crippen molar-refractivity contribution in [3.8, 4) is 0 Å².